The molecule has 6 N–H and O–H groups in total. The van der Waals surface area contributed by atoms with Crippen LogP contribution in [0.4, 0.5) is 39.5 Å². The molecule has 0 aromatic heterocycles. The first-order valence-corrected chi connectivity index (χ1v) is 18.5. The van der Waals surface area contributed by atoms with Gasteiger partial charge in [-0.3, -0.25) is 10.1 Å². The molecule has 3 fully saturated rings. The average Bonchev–Trinajstić information content (AvgIpc) is 2.92. The third kappa shape index (κ3) is 24.3. The van der Waals surface area contributed by atoms with E-state index in [4.69, 9.17) is 38.9 Å². The summed E-state index contributed by atoms with van der Waals surface area (Å²) in [5, 5.41) is 32.6. The zero-order valence-electron chi connectivity index (χ0n) is 27.0. The van der Waals surface area contributed by atoms with Crippen LogP contribution in [0.1, 0.15) is 26.2 Å². The molecule has 2 bridgehead atoms. The van der Waals surface area contributed by atoms with Crippen molar-refractivity contribution < 1.29 is 103 Å². The molecule has 3 aliphatic heterocycles. The molecule has 0 amide bonds. The molecule has 0 aromatic carbocycles. The van der Waals surface area contributed by atoms with E-state index >= 15 is 0 Å². The summed E-state index contributed by atoms with van der Waals surface area (Å²) in [6.07, 6.45) is 2.89. The van der Waals surface area contributed by atoms with Crippen molar-refractivity contribution in [3.05, 3.63) is 10.1 Å². The standard InChI is InChI=1S/C18H39N7O2.3CHF3O3S.Rh/c1-17-11-19-5-2-8-22-14-18(25(26)27,15-23-9-3-6-20-12-17)16-24-10-4-7-21-13-17;3*2-1(3,4)8(5,6)7;/h19-24H,2-16H2,1H3;3*(H,5,6,7);/q;;;;+3/p-3. The Bertz CT molecular complexity index is 1210. The average molecular weight is 936 g/mol. The molecule has 52 heavy (non-hydrogen) atoms. The zero-order chi connectivity index (χ0) is 40.4. The quantitative estimate of drug-likeness (QED) is 0.0454. The van der Waals surface area contributed by atoms with Gasteiger partial charge in [0.05, 0.1) is 19.6 Å². The van der Waals surface area contributed by atoms with Crippen LogP contribution in [0.25, 0.3) is 0 Å². The fourth-order valence-corrected chi connectivity index (χ4v) is 3.72. The van der Waals surface area contributed by atoms with Crippen LogP contribution in [-0.2, 0) is 49.8 Å². The fourth-order valence-electron chi connectivity index (χ4n) is 3.72. The van der Waals surface area contributed by atoms with Crippen molar-refractivity contribution >= 4 is 30.4 Å². The van der Waals surface area contributed by atoms with Crippen molar-refractivity contribution in [2.24, 2.45) is 5.41 Å². The van der Waals surface area contributed by atoms with Crippen LogP contribution in [0, 0.1) is 15.5 Å². The van der Waals surface area contributed by atoms with Crippen LogP contribution in [0.5, 0.6) is 0 Å². The SMILES string of the molecule is CC12CNCCCNCC([N+](=O)[O-])(CNCCCNC1)CNCCCNC2.O=S(=O)([O-])C(F)(F)F.O=S(=O)([O-])C(F)(F)F.O=S(=O)([O-])C(F)(F)F.[Rh+3]. The van der Waals surface area contributed by atoms with E-state index in [0.717, 1.165) is 78.2 Å². The second-order valence-electron chi connectivity index (χ2n) is 11.1. The third-order valence-corrected chi connectivity index (χ3v) is 8.08. The van der Waals surface area contributed by atoms with Gasteiger partial charge in [0.15, 0.2) is 30.4 Å². The van der Waals surface area contributed by atoms with Crippen molar-refractivity contribution in [1.29, 1.82) is 0 Å². The summed E-state index contributed by atoms with van der Waals surface area (Å²) in [6, 6.07) is 0. The van der Waals surface area contributed by atoms with Gasteiger partial charge in [0, 0.05) is 30.0 Å². The van der Waals surface area contributed by atoms with Crippen LogP contribution in [0.15, 0.2) is 0 Å². The summed E-state index contributed by atoms with van der Waals surface area (Å²) in [7, 11) is -18.3. The number of nitrogens with zero attached hydrogens (tertiary/aromatic N) is 1. The zero-order valence-corrected chi connectivity index (χ0v) is 31.1. The maximum Gasteiger partial charge on any atom is 3.00 e. The van der Waals surface area contributed by atoms with E-state index in [0.29, 0.717) is 19.6 Å². The molecule has 0 unspecified atom stereocenters. The first-order valence-electron chi connectivity index (χ1n) is 14.3. The van der Waals surface area contributed by atoms with E-state index in [9.17, 15) is 49.6 Å². The summed E-state index contributed by atoms with van der Waals surface area (Å²) >= 11 is 0. The van der Waals surface area contributed by atoms with Gasteiger partial charge in [0.1, 0.15) is 0 Å². The van der Waals surface area contributed by atoms with E-state index < -0.39 is 52.4 Å². The minimum Gasteiger partial charge on any atom is -0.741 e. The molecule has 3 saturated heterocycles. The number of nitro groups is 1. The number of halogens is 9. The summed E-state index contributed by atoms with van der Waals surface area (Å²) in [5.41, 5.74) is -17.8. The normalized spacial score (nSPS) is 24.0. The van der Waals surface area contributed by atoms with Gasteiger partial charge in [-0.1, -0.05) is 6.92 Å². The number of hydrogen-bond donors (Lipinski definition) is 6. The van der Waals surface area contributed by atoms with Crippen LogP contribution in [0.2, 0.25) is 0 Å². The summed E-state index contributed by atoms with van der Waals surface area (Å²) in [5.74, 6) is 0. The van der Waals surface area contributed by atoms with Crippen molar-refractivity contribution in [1.82, 2.24) is 31.9 Å². The first kappa shape index (κ1) is 55.2. The minimum atomic E-state index is -6.09. The van der Waals surface area contributed by atoms with Crippen LogP contribution < -0.4 is 31.9 Å². The molecule has 0 aromatic rings. The predicted molar refractivity (Wildman–Crippen MR) is 156 cm³/mol. The second kappa shape index (κ2) is 23.7. The summed E-state index contributed by atoms with van der Waals surface area (Å²) in [6.45, 7) is 11.5. The smallest absolute Gasteiger partial charge is 0.741 e. The Balaban J connectivity index is -0.000000783. The number of fused-ring (bicyclic) bond motifs is 18. The Hall–Kier alpha value is -1.12. The van der Waals surface area contributed by atoms with E-state index in [1.54, 1.807) is 0 Å². The molecule has 0 spiro atoms. The van der Waals surface area contributed by atoms with Crippen LogP contribution in [0.3, 0.4) is 0 Å². The number of hydrogen-bond acceptors (Lipinski definition) is 17. The maximum absolute atomic E-state index is 11.9. The maximum atomic E-state index is 11.9. The molecule has 18 nitrogen and oxygen atoms in total. The van der Waals surface area contributed by atoms with E-state index in [2.05, 4.69) is 38.8 Å². The molecule has 0 aliphatic carbocycles. The van der Waals surface area contributed by atoms with Crippen molar-refractivity contribution in [3.63, 3.8) is 0 Å². The van der Waals surface area contributed by atoms with E-state index in [1.165, 1.54) is 0 Å². The molecule has 3 heterocycles. The third-order valence-electron chi connectivity index (χ3n) is 6.38. The van der Waals surface area contributed by atoms with Crippen LogP contribution >= 0.6 is 0 Å². The Labute approximate surface area is 306 Å². The summed E-state index contributed by atoms with van der Waals surface area (Å²) in [4.78, 5) is 11.8. The van der Waals surface area contributed by atoms with E-state index in [-0.39, 0.29) is 29.8 Å². The van der Waals surface area contributed by atoms with Crippen LogP contribution in [-0.4, -0.2) is 144 Å². The summed E-state index contributed by atoms with van der Waals surface area (Å²) < 4.78 is 177. The predicted octanol–water partition coefficient (Wildman–Crippen LogP) is -1.10. The van der Waals surface area contributed by atoms with Gasteiger partial charge in [0.25, 0.3) is 5.54 Å². The largest absolute Gasteiger partial charge is 3.00 e. The van der Waals surface area contributed by atoms with Gasteiger partial charge in [0.2, 0.25) is 0 Å². The number of alkyl halides is 9. The fraction of sp³-hybridized carbons (Fsp3) is 1.00. The van der Waals surface area contributed by atoms with Crippen molar-refractivity contribution in [2.45, 2.75) is 48.3 Å². The Kier molecular flexibility index (Phi) is 25.2. The van der Waals surface area contributed by atoms with Crippen molar-refractivity contribution in [3.8, 4) is 0 Å². The van der Waals surface area contributed by atoms with Gasteiger partial charge < -0.3 is 45.6 Å². The van der Waals surface area contributed by atoms with Gasteiger partial charge in [-0.25, -0.2) is 25.3 Å². The molecule has 31 heteroatoms. The monoisotopic (exact) mass is 935 g/mol. The van der Waals surface area contributed by atoms with Gasteiger partial charge in [-0.15, -0.1) is 0 Å². The Morgan fingerprint density at radius 1 is 0.500 bits per heavy atom. The van der Waals surface area contributed by atoms with Crippen molar-refractivity contribution in [2.75, 3.05) is 78.5 Å². The van der Waals surface area contributed by atoms with Gasteiger partial charge >= 0.3 is 36.0 Å². The van der Waals surface area contributed by atoms with Gasteiger partial charge in [-0.05, 0) is 58.5 Å². The molecule has 3 aliphatic rings. The molecule has 314 valence electrons. The molecular formula is C21H39F9N7O11RhS3. The molecule has 3 rings (SSSR count). The number of nitrogens with one attached hydrogen (secondary N) is 6. The minimum absolute atomic E-state index is 0. The molecule has 0 radical (unpaired) electrons. The molecule has 0 atom stereocenters. The first-order chi connectivity index (χ1) is 22.8. The molecular weight excluding hydrogens is 896 g/mol. The van der Waals surface area contributed by atoms with E-state index in [1.807, 2.05) is 0 Å². The van der Waals surface area contributed by atoms with Gasteiger partial charge in [-0.2, -0.15) is 39.5 Å². The topological polar surface area (TPSA) is 287 Å². The Morgan fingerprint density at radius 2 is 0.673 bits per heavy atom. The molecule has 0 saturated carbocycles. The number of rotatable bonds is 1. The second-order valence-corrected chi connectivity index (χ2v) is 15.2. The Morgan fingerprint density at radius 3 is 0.827 bits per heavy atom.